The second-order valence-corrected chi connectivity index (χ2v) is 12.1. The van der Waals surface area contributed by atoms with Crippen molar-refractivity contribution in [3.8, 4) is 17.6 Å². The molecule has 0 saturated heterocycles. The van der Waals surface area contributed by atoms with Gasteiger partial charge in [-0.15, -0.1) is 10.2 Å². The van der Waals surface area contributed by atoms with Crippen LogP contribution in [0.3, 0.4) is 0 Å². The van der Waals surface area contributed by atoms with E-state index in [9.17, 15) is 14.9 Å². The molecule has 3 N–H and O–H groups in total. The Morgan fingerprint density at radius 2 is 2.05 bits per heavy atom. The van der Waals surface area contributed by atoms with Crippen molar-refractivity contribution in [2.75, 3.05) is 22.8 Å². The SMILES string of the molecule is N#CC1=C(N)N(c2nnc(SCC(=O)Nc3ccc4c(c3)OCO4)s2)C2=C(C(=O)CCC2)C1c1ccccc1Br. The first-order valence-corrected chi connectivity index (χ1v) is 14.9. The molecule has 1 unspecified atom stereocenters. The number of Topliss-reactive ketones (excluding diaryl/α,β-unsaturated/α-hetero) is 1. The van der Waals surface area contributed by atoms with E-state index in [2.05, 4.69) is 37.5 Å². The number of amides is 1. The number of benzene rings is 2. The van der Waals surface area contributed by atoms with Crippen LogP contribution in [-0.4, -0.2) is 34.4 Å². The maximum atomic E-state index is 13.3. The molecule has 0 spiro atoms. The summed E-state index contributed by atoms with van der Waals surface area (Å²) < 4.78 is 12.0. The molecule has 1 atom stereocenters. The van der Waals surface area contributed by atoms with E-state index in [1.807, 2.05) is 24.3 Å². The van der Waals surface area contributed by atoms with Gasteiger partial charge in [0.05, 0.1) is 23.3 Å². The first kappa shape index (κ1) is 26.4. The summed E-state index contributed by atoms with van der Waals surface area (Å²) in [4.78, 5) is 27.6. The highest BCUT2D eigenvalue weighted by Crippen LogP contribution is 2.48. The van der Waals surface area contributed by atoms with Gasteiger partial charge in [0.1, 0.15) is 5.82 Å². The summed E-state index contributed by atoms with van der Waals surface area (Å²) in [7, 11) is 0. The minimum absolute atomic E-state index is 0.00782. The van der Waals surface area contributed by atoms with E-state index in [-0.39, 0.29) is 35.6 Å². The summed E-state index contributed by atoms with van der Waals surface area (Å²) in [5, 5.41) is 22.0. The average Bonchev–Trinajstić information content (AvgIpc) is 3.61. The fourth-order valence-electron chi connectivity index (χ4n) is 4.97. The van der Waals surface area contributed by atoms with Crippen molar-refractivity contribution in [1.29, 1.82) is 5.26 Å². The number of allylic oxidation sites excluding steroid dienone is 3. The van der Waals surface area contributed by atoms with Gasteiger partial charge in [0.25, 0.3) is 0 Å². The molecule has 3 aliphatic rings. The van der Waals surface area contributed by atoms with E-state index in [4.69, 9.17) is 15.2 Å². The summed E-state index contributed by atoms with van der Waals surface area (Å²) >= 11 is 6.07. The zero-order chi connectivity index (χ0) is 27.8. The molecule has 0 bridgehead atoms. The van der Waals surface area contributed by atoms with Crippen molar-refractivity contribution in [3.63, 3.8) is 0 Å². The number of aromatic nitrogens is 2. The van der Waals surface area contributed by atoms with Crippen LogP contribution in [0.25, 0.3) is 0 Å². The molecule has 3 aromatic rings. The number of halogens is 1. The van der Waals surface area contributed by atoms with Crippen molar-refractivity contribution < 1.29 is 19.1 Å². The smallest absolute Gasteiger partial charge is 0.234 e. The molecule has 2 aromatic carbocycles. The molecule has 3 heterocycles. The van der Waals surface area contributed by atoms with E-state index >= 15 is 0 Å². The second-order valence-electron chi connectivity index (χ2n) is 9.09. The highest BCUT2D eigenvalue weighted by atomic mass is 79.9. The van der Waals surface area contributed by atoms with E-state index < -0.39 is 5.92 Å². The third kappa shape index (κ3) is 4.83. The Hall–Kier alpha value is -3.86. The minimum atomic E-state index is -0.568. The number of ether oxygens (including phenoxy) is 2. The van der Waals surface area contributed by atoms with Crippen LogP contribution in [0.5, 0.6) is 11.5 Å². The van der Waals surface area contributed by atoms with Crippen molar-refractivity contribution in [1.82, 2.24) is 10.2 Å². The van der Waals surface area contributed by atoms with Gasteiger partial charge in [0.15, 0.2) is 21.6 Å². The number of fused-ring (bicyclic) bond motifs is 1. The number of thioether (sulfide) groups is 1. The lowest BCUT2D eigenvalue weighted by Gasteiger charge is -2.38. The number of rotatable bonds is 6. The van der Waals surface area contributed by atoms with Crippen LogP contribution in [0.2, 0.25) is 0 Å². The fourth-order valence-corrected chi connectivity index (χ4v) is 7.17. The van der Waals surface area contributed by atoms with Gasteiger partial charge in [-0.1, -0.05) is 57.2 Å². The van der Waals surface area contributed by atoms with Crippen molar-refractivity contribution in [3.05, 3.63) is 75.2 Å². The monoisotopic (exact) mass is 636 g/mol. The zero-order valence-corrected chi connectivity index (χ0v) is 24.1. The number of nitrogens with zero attached hydrogens (tertiary/aromatic N) is 4. The summed E-state index contributed by atoms with van der Waals surface area (Å²) in [5.74, 6) is 0.760. The zero-order valence-electron chi connectivity index (χ0n) is 20.8. The summed E-state index contributed by atoms with van der Waals surface area (Å²) in [6.45, 7) is 0.158. The maximum absolute atomic E-state index is 13.3. The molecule has 13 heteroatoms. The largest absolute Gasteiger partial charge is 0.454 e. The topological polar surface area (TPSA) is 143 Å². The predicted molar refractivity (Wildman–Crippen MR) is 154 cm³/mol. The third-order valence-corrected chi connectivity index (χ3v) is 9.46. The van der Waals surface area contributed by atoms with Gasteiger partial charge in [-0.3, -0.25) is 14.5 Å². The molecule has 1 aromatic heterocycles. The molecule has 0 fully saturated rings. The lowest BCUT2D eigenvalue weighted by molar-refractivity contribution is -0.116. The van der Waals surface area contributed by atoms with E-state index in [1.165, 1.54) is 23.1 Å². The van der Waals surface area contributed by atoms with Crippen LogP contribution in [0.1, 0.15) is 30.7 Å². The van der Waals surface area contributed by atoms with Gasteiger partial charge in [-0.25, -0.2) is 0 Å². The molecular formula is C27H21BrN6O4S2. The van der Waals surface area contributed by atoms with Gasteiger partial charge in [-0.2, -0.15) is 5.26 Å². The normalized spacial score (nSPS) is 18.1. The number of nitriles is 1. The number of ketones is 1. The quantitative estimate of drug-likeness (QED) is 0.352. The molecule has 1 amide bonds. The molecule has 40 heavy (non-hydrogen) atoms. The number of nitrogens with one attached hydrogen (secondary N) is 1. The van der Waals surface area contributed by atoms with Gasteiger partial charge >= 0.3 is 0 Å². The molecule has 0 radical (unpaired) electrons. The Kier molecular flexibility index (Phi) is 7.22. The Morgan fingerprint density at radius 1 is 1.23 bits per heavy atom. The summed E-state index contributed by atoms with van der Waals surface area (Å²) in [5.41, 5.74) is 9.63. The number of carbonyl (C=O) groups is 2. The molecule has 10 nitrogen and oxygen atoms in total. The van der Waals surface area contributed by atoms with Crippen molar-refractivity contribution in [2.45, 2.75) is 29.5 Å². The van der Waals surface area contributed by atoms with Gasteiger partial charge in [0, 0.05) is 33.9 Å². The van der Waals surface area contributed by atoms with Crippen LogP contribution in [0.15, 0.2) is 73.9 Å². The number of hydrogen-bond acceptors (Lipinski definition) is 11. The summed E-state index contributed by atoms with van der Waals surface area (Å²) in [6.07, 6.45) is 1.69. The lowest BCUT2D eigenvalue weighted by atomic mass is 9.76. The molecule has 6 rings (SSSR count). The van der Waals surface area contributed by atoms with Crippen LogP contribution in [-0.2, 0) is 9.59 Å². The van der Waals surface area contributed by atoms with E-state index in [0.717, 1.165) is 15.7 Å². The first-order chi connectivity index (χ1) is 19.4. The van der Waals surface area contributed by atoms with Crippen LogP contribution in [0, 0.1) is 11.3 Å². The van der Waals surface area contributed by atoms with Crippen molar-refractivity contribution in [2.24, 2.45) is 5.73 Å². The van der Waals surface area contributed by atoms with Gasteiger partial charge in [0.2, 0.25) is 17.8 Å². The highest BCUT2D eigenvalue weighted by Gasteiger charge is 2.41. The highest BCUT2D eigenvalue weighted by molar-refractivity contribution is 9.10. The Bertz CT molecular complexity index is 1650. The predicted octanol–water partition coefficient (Wildman–Crippen LogP) is 5.06. The number of nitrogens with two attached hydrogens (primary N) is 1. The fraction of sp³-hybridized carbons (Fsp3) is 0.222. The van der Waals surface area contributed by atoms with Crippen LogP contribution < -0.4 is 25.4 Å². The number of anilines is 2. The average molecular weight is 638 g/mol. The van der Waals surface area contributed by atoms with Gasteiger partial charge in [-0.05, 0) is 36.6 Å². The third-order valence-electron chi connectivity index (χ3n) is 6.70. The standard InChI is InChI=1S/C27H21BrN6O4S2/c28-17-5-2-1-4-15(17)23-16(11-29)25(30)34(18-6-3-7-19(35)24(18)23)26-32-33-27(40-26)39-12-22(36)31-14-8-9-20-21(10-14)38-13-37-20/h1-2,4-5,8-10,23H,3,6-7,12-13,30H2,(H,31,36). The van der Waals surface area contributed by atoms with E-state index in [0.29, 0.717) is 51.5 Å². The molecule has 2 aliphatic heterocycles. The van der Waals surface area contributed by atoms with Crippen molar-refractivity contribution >= 4 is 61.5 Å². The molecule has 202 valence electrons. The minimum Gasteiger partial charge on any atom is -0.454 e. The van der Waals surface area contributed by atoms with Crippen LogP contribution >= 0.6 is 39.0 Å². The van der Waals surface area contributed by atoms with Crippen LogP contribution in [0.4, 0.5) is 10.8 Å². The summed E-state index contributed by atoms with van der Waals surface area (Å²) in [6, 6.07) is 15.0. The molecular weight excluding hydrogens is 616 g/mol. The number of hydrogen-bond donors (Lipinski definition) is 2. The first-order valence-electron chi connectivity index (χ1n) is 12.3. The Morgan fingerprint density at radius 3 is 2.88 bits per heavy atom. The second kappa shape index (κ2) is 11.0. The van der Waals surface area contributed by atoms with Gasteiger partial charge < -0.3 is 20.5 Å². The Labute approximate surface area is 246 Å². The number of carbonyl (C=O) groups excluding carboxylic acids is 2. The Balaban J connectivity index is 1.24. The molecule has 1 aliphatic carbocycles. The van der Waals surface area contributed by atoms with E-state index in [1.54, 1.807) is 23.1 Å². The maximum Gasteiger partial charge on any atom is 0.234 e. The lowest BCUT2D eigenvalue weighted by Crippen LogP contribution is -2.38. The molecule has 0 saturated carbocycles.